The number of pyridine rings is 1. The van der Waals surface area contributed by atoms with E-state index in [4.69, 9.17) is 21.1 Å². The number of hydrogen-bond acceptors (Lipinski definition) is 8. The van der Waals surface area contributed by atoms with Gasteiger partial charge in [0.2, 0.25) is 0 Å². The third-order valence-electron chi connectivity index (χ3n) is 7.43. The van der Waals surface area contributed by atoms with Crippen molar-refractivity contribution in [3.63, 3.8) is 0 Å². The molecule has 2 heterocycles. The smallest absolute Gasteiger partial charge is 0.257 e. The Morgan fingerprint density at radius 1 is 0.889 bits per heavy atom. The van der Waals surface area contributed by atoms with Gasteiger partial charge in [0.1, 0.15) is 35.3 Å². The summed E-state index contributed by atoms with van der Waals surface area (Å²) < 4.78 is 25.4. The van der Waals surface area contributed by atoms with Crippen molar-refractivity contribution in [2.45, 2.75) is 13.5 Å². The molecule has 226 valence electrons. The molecular weight excluding hydrogens is 595 g/mol. The molecule has 9 nitrogen and oxygen atoms in total. The molecule has 0 unspecified atom stereocenters. The van der Waals surface area contributed by atoms with Crippen LogP contribution >= 0.6 is 11.6 Å². The van der Waals surface area contributed by atoms with Gasteiger partial charge in [0.15, 0.2) is 0 Å². The van der Waals surface area contributed by atoms with Crippen LogP contribution in [-0.4, -0.2) is 35.1 Å². The quantitative estimate of drug-likeness (QED) is 0.149. The maximum atomic E-state index is 14.5. The minimum absolute atomic E-state index is 0.232. The average Bonchev–Trinajstić information content (AvgIpc) is 3.05. The summed E-state index contributed by atoms with van der Waals surface area (Å²) in [5, 5.41) is 11.9. The lowest BCUT2D eigenvalue weighted by Gasteiger charge is -2.16. The standard InChI is InChI=1S/C34H28ClFN6O3/c1-19-7-11-24-23(13-14-37-33(24)41-28-12-9-21(35)15-27(28)36)30(19)42-34(43)26-6-4-5-25-31(26)39-18-40-32(25)38-17-20-8-10-22(44-2)16-29(20)45-3/h4-16,18H,17H2,1-3H3,(H,37,41)(H,42,43)(H,38,39,40). The van der Waals surface area contributed by atoms with Crippen molar-refractivity contribution in [1.82, 2.24) is 15.0 Å². The third-order valence-corrected chi connectivity index (χ3v) is 7.66. The van der Waals surface area contributed by atoms with Crippen LogP contribution in [0.15, 0.2) is 85.3 Å². The summed E-state index contributed by atoms with van der Waals surface area (Å²) in [5.41, 5.74) is 3.47. The Kier molecular flexibility index (Phi) is 8.30. The normalized spacial score (nSPS) is 11.0. The molecule has 0 atom stereocenters. The molecule has 0 aliphatic heterocycles. The van der Waals surface area contributed by atoms with Crippen LogP contribution in [0.2, 0.25) is 5.02 Å². The number of hydrogen-bond donors (Lipinski definition) is 3. The highest BCUT2D eigenvalue weighted by Gasteiger charge is 2.18. The van der Waals surface area contributed by atoms with Crippen LogP contribution in [0.4, 0.5) is 27.4 Å². The number of aromatic nitrogens is 3. The topological polar surface area (TPSA) is 110 Å². The molecule has 0 radical (unpaired) electrons. The molecule has 0 saturated carbocycles. The van der Waals surface area contributed by atoms with E-state index in [1.165, 1.54) is 12.4 Å². The van der Waals surface area contributed by atoms with E-state index >= 15 is 0 Å². The summed E-state index contributed by atoms with van der Waals surface area (Å²) in [6.07, 6.45) is 3.03. The molecule has 0 saturated heterocycles. The number of halogens is 2. The molecule has 0 aliphatic carbocycles. The van der Waals surface area contributed by atoms with Crippen LogP contribution in [0.5, 0.6) is 11.5 Å². The lowest BCUT2D eigenvalue weighted by atomic mass is 10.0. The van der Waals surface area contributed by atoms with Gasteiger partial charge in [0, 0.05) is 45.6 Å². The Bertz CT molecular complexity index is 2070. The molecule has 0 fully saturated rings. The van der Waals surface area contributed by atoms with E-state index in [0.29, 0.717) is 62.2 Å². The first-order valence-corrected chi connectivity index (χ1v) is 14.3. The highest BCUT2D eigenvalue weighted by molar-refractivity contribution is 6.30. The molecule has 6 rings (SSSR count). The number of amides is 1. The molecule has 2 aromatic heterocycles. The molecular formula is C34H28ClFN6O3. The van der Waals surface area contributed by atoms with E-state index in [2.05, 4.69) is 30.9 Å². The van der Waals surface area contributed by atoms with Gasteiger partial charge in [0.25, 0.3) is 5.91 Å². The van der Waals surface area contributed by atoms with Crippen molar-refractivity contribution in [3.05, 3.63) is 113 Å². The number of benzene rings is 4. The number of nitrogens with zero attached hydrogens (tertiary/aromatic N) is 3. The number of ether oxygens (including phenoxy) is 2. The average molecular weight is 623 g/mol. The van der Waals surface area contributed by atoms with E-state index in [-0.39, 0.29) is 11.6 Å². The van der Waals surface area contributed by atoms with Crippen LogP contribution < -0.4 is 25.4 Å². The fourth-order valence-corrected chi connectivity index (χ4v) is 5.28. The Hall–Kier alpha value is -5.48. The first-order chi connectivity index (χ1) is 21.9. The van der Waals surface area contributed by atoms with Crippen molar-refractivity contribution in [2.75, 3.05) is 30.2 Å². The van der Waals surface area contributed by atoms with Gasteiger partial charge in [-0.25, -0.2) is 19.3 Å². The van der Waals surface area contributed by atoms with Gasteiger partial charge in [-0.2, -0.15) is 0 Å². The number of carbonyl (C=O) groups excluding carboxylic acids is 1. The molecule has 11 heteroatoms. The number of rotatable bonds is 9. The molecule has 0 bridgehead atoms. The van der Waals surface area contributed by atoms with Crippen LogP contribution in [0.3, 0.4) is 0 Å². The molecule has 4 aromatic carbocycles. The minimum atomic E-state index is -0.503. The third kappa shape index (κ3) is 6.00. The Morgan fingerprint density at radius 2 is 1.76 bits per heavy atom. The summed E-state index contributed by atoms with van der Waals surface area (Å²) >= 11 is 5.92. The predicted molar refractivity (Wildman–Crippen MR) is 176 cm³/mol. The first kappa shape index (κ1) is 29.6. The summed E-state index contributed by atoms with van der Waals surface area (Å²) in [6.45, 7) is 2.33. The van der Waals surface area contributed by atoms with Gasteiger partial charge < -0.3 is 25.4 Å². The SMILES string of the molecule is COc1ccc(CNc2ncnc3c(C(=O)Nc4c(C)ccc5c(Nc6ccc(Cl)cc6F)nccc45)cccc23)c(OC)c1. The van der Waals surface area contributed by atoms with Gasteiger partial charge in [-0.3, -0.25) is 4.79 Å². The lowest BCUT2D eigenvalue weighted by molar-refractivity contribution is 0.102. The Labute approximate surface area is 263 Å². The molecule has 3 N–H and O–H groups in total. The highest BCUT2D eigenvalue weighted by Crippen LogP contribution is 2.34. The van der Waals surface area contributed by atoms with Crippen LogP contribution in [0.1, 0.15) is 21.5 Å². The van der Waals surface area contributed by atoms with E-state index in [0.717, 1.165) is 16.5 Å². The number of para-hydroxylation sites is 1. The first-order valence-electron chi connectivity index (χ1n) is 14.0. The van der Waals surface area contributed by atoms with Crippen molar-refractivity contribution in [2.24, 2.45) is 0 Å². The fraction of sp³-hybridized carbons (Fsp3) is 0.118. The van der Waals surface area contributed by atoms with Crippen LogP contribution in [-0.2, 0) is 6.54 Å². The zero-order valence-corrected chi connectivity index (χ0v) is 25.4. The summed E-state index contributed by atoms with van der Waals surface area (Å²) in [7, 11) is 3.21. The molecule has 0 aliphatic rings. The van der Waals surface area contributed by atoms with E-state index in [9.17, 15) is 9.18 Å². The summed E-state index contributed by atoms with van der Waals surface area (Å²) in [5.74, 6) is 1.54. The van der Waals surface area contributed by atoms with Crippen LogP contribution in [0, 0.1) is 12.7 Å². The van der Waals surface area contributed by atoms with Crippen LogP contribution in [0.25, 0.3) is 21.7 Å². The monoisotopic (exact) mass is 622 g/mol. The van der Waals surface area contributed by atoms with Gasteiger partial charge in [-0.15, -0.1) is 0 Å². The van der Waals surface area contributed by atoms with Gasteiger partial charge >= 0.3 is 0 Å². The zero-order valence-electron chi connectivity index (χ0n) is 24.6. The lowest BCUT2D eigenvalue weighted by Crippen LogP contribution is -2.14. The van der Waals surface area contributed by atoms with Crippen molar-refractivity contribution >= 4 is 62.2 Å². The molecule has 0 spiro atoms. The van der Waals surface area contributed by atoms with E-state index < -0.39 is 5.82 Å². The molecule has 1 amide bonds. The maximum absolute atomic E-state index is 14.5. The van der Waals surface area contributed by atoms with Gasteiger partial charge in [-0.1, -0.05) is 29.8 Å². The van der Waals surface area contributed by atoms with Crippen molar-refractivity contribution < 1.29 is 18.7 Å². The second-order valence-electron chi connectivity index (χ2n) is 10.2. The van der Waals surface area contributed by atoms with E-state index in [1.54, 1.807) is 44.7 Å². The maximum Gasteiger partial charge on any atom is 0.257 e. The summed E-state index contributed by atoms with van der Waals surface area (Å²) in [6, 6.07) is 20.9. The molecule has 6 aromatic rings. The number of methoxy groups -OCH3 is 2. The number of fused-ring (bicyclic) bond motifs is 2. The Balaban J connectivity index is 1.30. The largest absolute Gasteiger partial charge is 0.497 e. The van der Waals surface area contributed by atoms with Crippen molar-refractivity contribution in [1.29, 1.82) is 0 Å². The fourth-order valence-electron chi connectivity index (χ4n) is 5.12. The molecule has 45 heavy (non-hydrogen) atoms. The number of aryl methyl sites for hydroxylation is 1. The number of nitrogens with one attached hydrogen (secondary N) is 3. The Morgan fingerprint density at radius 3 is 2.56 bits per heavy atom. The second kappa shape index (κ2) is 12.6. The highest BCUT2D eigenvalue weighted by atomic mass is 35.5. The van der Waals surface area contributed by atoms with E-state index in [1.807, 2.05) is 49.4 Å². The summed E-state index contributed by atoms with van der Waals surface area (Å²) in [4.78, 5) is 27.1. The number of anilines is 4. The van der Waals surface area contributed by atoms with Gasteiger partial charge in [0.05, 0.1) is 36.7 Å². The minimum Gasteiger partial charge on any atom is -0.497 e. The second-order valence-corrected chi connectivity index (χ2v) is 10.6. The van der Waals surface area contributed by atoms with Gasteiger partial charge in [-0.05, 0) is 61.0 Å². The zero-order chi connectivity index (χ0) is 31.5. The number of carbonyl (C=O) groups is 1. The predicted octanol–water partition coefficient (Wildman–Crippen LogP) is 7.90. The van der Waals surface area contributed by atoms with Crippen molar-refractivity contribution in [3.8, 4) is 11.5 Å².